The molecule has 1 aliphatic heterocycles. The van der Waals surface area contributed by atoms with Gasteiger partial charge in [-0.1, -0.05) is 23.7 Å². The predicted molar refractivity (Wildman–Crippen MR) is 112 cm³/mol. The van der Waals surface area contributed by atoms with Crippen LogP contribution in [0.15, 0.2) is 47.5 Å². The van der Waals surface area contributed by atoms with Gasteiger partial charge in [-0.2, -0.15) is 0 Å². The Morgan fingerprint density at radius 1 is 1.32 bits per heavy atom. The van der Waals surface area contributed by atoms with Gasteiger partial charge >= 0.3 is 0 Å². The molecule has 1 atom stereocenters. The third-order valence-electron chi connectivity index (χ3n) is 4.42. The van der Waals surface area contributed by atoms with E-state index < -0.39 is 0 Å². The number of nitrogens with one attached hydrogen (secondary N) is 2. The number of rotatable bonds is 5. The third kappa shape index (κ3) is 5.47. The standard InChI is InChI=1S/C21H24ClN3O3/c1-14-8-9-19(18(22)11-14)24-21(23-13-17-7-4-10-28-17)25-20(26)15-5-3-6-16(12-15)27-2/h3,5-6,8-9,11-12,17H,4,7,10,13H2,1-2H3,(H2,23,24,25,26)/t17-/m1/s1. The molecule has 1 amide bonds. The van der Waals surface area contributed by atoms with Crippen molar-refractivity contribution in [3.63, 3.8) is 0 Å². The summed E-state index contributed by atoms with van der Waals surface area (Å²) in [6.07, 6.45) is 2.06. The van der Waals surface area contributed by atoms with E-state index in [1.165, 1.54) is 0 Å². The summed E-state index contributed by atoms with van der Waals surface area (Å²) in [6, 6.07) is 12.6. The molecule has 0 radical (unpaired) electrons. The lowest BCUT2D eigenvalue weighted by Gasteiger charge is -2.15. The number of carbonyl (C=O) groups is 1. The number of halogens is 1. The lowest BCUT2D eigenvalue weighted by atomic mass is 10.2. The summed E-state index contributed by atoms with van der Waals surface area (Å²) in [6.45, 7) is 3.18. The number of amides is 1. The van der Waals surface area contributed by atoms with E-state index in [4.69, 9.17) is 21.1 Å². The molecule has 148 valence electrons. The van der Waals surface area contributed by atoms with Gasteiger partial charge in [-0.05, 0) is 55.7 Å². The summed E-state index contributed by atoms with van der Waals surface area (Å²) in [5.41, 5.74) is 2.19. The van der Waals surface area contributed by atoms with Gasteiger partial charge in [0.25, 0.3) is 5.91 Å². The number of guanidine groups is 1. The van der Waals surface area contributed by atoms with Gasteiger partial charge in [0.05, 0.1) is 30.5 Å². The van der Waals surface area contributed by atoms with E-state index in [2.05, 4.69) is 15.6 Å². The fourth-order valence-electron chi connectivity index (χ4n) is 2.88. The number of benzene rings is 2. The van der Waals surface area contributed by atoms with Crippen molar-refractivity contribution in [2.45, 2.75) is 25.9 Å². The molecular weight excluding hydrogens is 378 g/mol. The Bertz CT molecular complexity index is 864. The van der Waals surface area contributed by atoms with Crippen molar-refractivity contribution in [3.8, 4) is 5.75 Å². The number of carbonyl (C=O) groups excluding carboxylic acids is 1. The molecule has 0 bridgehead atoms. The number of nitrogens with zero attached hydrogens (tertiary/aromatic N) is 1. The molecule has 0 unspecified atom stereocenters. The average Bonchev–Trinajstić information content (AvgIpc) is 3.21. The summed E-state index contributed by atoms with van der Waals surface area (Å²) in [7, 11) is 1.56. The average molecular weight is 402 g/mol. The molecule has 0 spiro atoms. The lowest BCUT2D eigenvalue weighted by Crippen LogP contribution is -2.36. The van der Waals surface area contributed by atoms with Crippen molar-refractivity contribution in [1.29, 1.82) is 0 Å². The Labute approximate surface area is 169 Å². The first-order valence-corrected chi connectivity index (χ1v) is 9.57. The summed E-state index contributed by atoms with van der Waals surface area (Å²) in [5, 5.41) is 6.51. The highest BCUT2D eigenvalue weighted by Gasteiger charge is 2.16. The van der Waals surface area contributed by atoms with Crippen molar-refractivity contribution in [2.24, 2.45) is 4.99 Å². The number of anilines is 1. The zero-order valence-corrected chi connectivity index (χ0v) is 16.8. The van der Waals surface area contributed by atoms with Gasteiger partial charge in [0.2, 0.25) is 5.96 Å². The van der Waals surface area contributed by atoms with E-state index >= 15 is 0 Å². The van der Waals surface area contributed by atoms with Crippen LogP contribution >= 0.6 is 11.6 Å². The fourth-order valence-corrected chi connectivity index (χ4v) is 3.17. The van der Waals surface area contributed by atoms with Gasteiger partial charge in [0, 0.05) is 12.2 Å². The highest BCUT2D eigenvalue weighted by atomic mass is 35.5. The third-order valence-corrected chi connectivity index (χ3v) is 4.73. The normalized spacial score (nSPS) is 16.7. The molecule has 7 heteroatoms. The number of hydrogen-bond donors (Lipinski definition) is 2. The van der Waals surface area contributed by atoms with E-state index in [1.54, 1.807) is 31.4 Å². The summed E-state index contributed by atoms with van der Waals surface area (Å²) < 4.78 is 10.8. The van der Waals surface area contributed by atoms with E-state index in [0.29, 0.717) is 34.5 Å². The molecule has 1 aliphatic rings. The Hall–Kier alpha value is -2.57. The Morgan fingerprint density at radius 3 is 2.89 bits per heavy atom. The second-order valence-corrected chi connectivity index (χ2v) is 7.03. The topological polar surface area (TPSA) is 72.0 Å². The molecule has 6 nitrogen and oxygen atoms in total. The number of aryl methyl sites for hydroxylation is 1. The van der Waals surface area contributed by atoms with Crippen LogP contribution in [0.1, 0.15) is 28.8 Å². The first kappa shape index (κ1) is 20.2. The molecule has 2 N–H and O–H groups in total. The van der Waals surface area contributed by atoms with Gasteiger partial charge in [0.15, 0.2) is 0 Å². The van der Waals surface area contributed by atoms with Crippen LogP contribution < -0.4 is 15.4 Å². The second kappa shape index (κ2) is 9.57. The second-order valence-electron chi connectivity index (χ2n) is 6.62. The minimum Gasteiger partial charge on any atom is -0.497 e. The van der Waals surface area contributed by atoms with E-state index in [1.807, 2.05) is 25.1 Å². The maximum atomic E-state index is 12.7. The van der Waals surface area contributed by atoms with Crippen LogP contribution in [0.25, 0.3) is 0 Å². The number of hydrogen-bond acceptors (Lipinski definition) is 4. The first-order chi connectivity index (χ1) is 13.5. The van der Waals surface area contributed by atoms with Crippen LogP contribution in [0.2, 0.25) is 5.02 Å². The van der Waals surface area contributed by atoms with Gasteiger partial charge < -0.3 is 14.8 Å². The van der Waals surface area contributed by atoms with Crippen LogP contribution in [0.3, 0.4) is 0 Å². The molecule has 1 heterocycles. The van der Waals surface area contributed by atoms with Crippen molar-refractivity contribution in [1.82, 2.24) is 5.32 Å². The molecule has 28 heavy (non-hydrogen) atoms. The molecular formula is C21H24ClN3O3. The quantitative estimate of drug-likeness (QED) is 0.586. The minimum absolute atomic E-state index is 0.0685. The van der Waals surface area contributed by atoms with E-state index in [-0.39, 0.29) is 12.0 Å². The summed E-state index contributed by atoms with van der Waals surface area (Å²) in [4.78, 5) is 17.2. The molecule has 2 aromatic rings. The number of aliphatic imine (C=N–C) groups is 1. The van der Waals surface area contributed by atoms with Gasteiger partial charge in [0.1, 0.15) is 5.75 Å². The van der Waals surface area contributed by atoms with Crippen molar-refractivity contribution >= 4 is 29.2 Å². The first-order valence-electron chi connectivity index (χ1n) is 9.20. The van der Waals surface area contributed by atoms with Crippen molar-refractivity contribution in [3.05, 3.63) is 58.6 Å². The predicted octanol–water partition coefficient (Wildman–Crippen LogP) is 4.03. The SMILES string of the molecule is COc1cccc(C(=O)NC(=NC[C@H]2CCCO2)Nc2ccc(C)cc2Cl)c1. The zero-order valence-electron chi connectivity index (χ0n) is 16.0. The van der Waals surface area contributed by atoms with E-state index in [9.17, 15) is 4.79 Å². The molecule has 3 rings (SSSR count). The molecule has 1 saturated heterocycles. The summed E-state index contributed by atoms with van der Waals surface area (Å²) >= 11 is 6.32. The largest absolute Gasteiger partial charge is 0.497 e. The molecule has 2 aromatic carbocycles. The monoisotopic (exact) mass is 401 g/mol. The van der Waals surface area contributed by atoms with Crippen molar-refractivity contribution in [2.75, 3.05) is 25.6 Å². The lowest BCUT2D eigenvalue weighted by molar-refractivity contribution is 0.0975. The molecule has 0 saturated carbocycles. The van der Waals surface area contributed by atoms with Crippen LogP contribution in [0.5, 0.6) is 5.75 Å². The van der Waals surface area contributed by atoms with Crippen molar-refractivity contribution < 1.29 is 14.3 Å². The maximum absolute atomic E-state index is 12.7. The fraction of sp³-hybridized carbons (Fsp3) is 0.333. The highest BCUT2D eigenvalue weighted by molar-refractivity contribution is 6.34. The molecule has 0 aliphatic carbocycles. The number of methoxy groups -OCH3 is 1. The Balaban J connectivity index is 1.78. The Kier molecular flexibility index (Phi) is 6.90. The highest BCUT2D eigenvalue weighted by Crippen LogP contribution is 2.23. The van der Waals surface area contributed by atoms with Gasteiger partial charge in [-0.3, -0.25) is 10.1 Å². The smallest absolute Gasteiger partial charge is 0.258 e. The van der Waals surface area contributed by atoms with Gasteiger partial charge in [-0.15, -0.1) is 0 Å². The van der Waals surface area contributed by atoms with Crippen LogP contribution in [-0.2, 0) is 4.74 Å². The summed E-state index contributed by atoms with van der Waals surface area (Å²) in [5.74, 6) is 0.648. The van der Waals surface area contributed by atoms with Gasteiger partial charge in [-0.25, -0.2) is 4.99 Å². The Morgan fingerprint density at radius 2 is 2.18 bits per heavy atom. The van der Waals surface area contributed by atoms with Crippen LogP contribution in [0.4, 0.5) is 5.69 Å². The molecule has 0 aromatic heterocycles. The number of ether oxygens (including phenoxy) is 2. The van der Waals surface area contributed by atoms with Crippen LogP contribution in [-0.4, -0.2) is 38.2 Å². The zero-order chi connectivity index (χ0) is 19.9. The maximum Gasteiger partial charge on any atom is 0.258 e. The molecule has 1 fully saturated rings. The minimum atomic E-state index is -0.291. The van der Waals surface area contributed by atoms with Crippen LogP contribution in [0, 0.1) is 6.92 Å². The van der Waals surface area contributed by atoms with E-state index in [0.717, 1.165) is 25.0 Å².